The van der Waals surface area contributed by atoms with Crippen molar-refractivity contribution in [2.75, 3.05) is 4.90 Å². The van der Waals surface area contributed by atoms with Crippen LogP contribution in [0.5, 0.6) is 0 Å². The van der Waals surface area contributed by atoms with Crippen LogP contribution in [0, 0.1) is 5.92 Å². The molecule has 1 amide bonds. The third-order valence-electron chi connectivity index (χ3n) is 4.51. The molecule has 1 atom stereocenters. The number of Topliss-reactive ketones (excluding diaryl/α,β-unsaturated/α-hetero) is 1. The van der Waals surface area contributed by atoms with E-state index in [1.165, 1.54) is 16.2 Å². The van der Waals surface area contributed by atoms with Crippen LogP contribution in [0.4, 0.5) is 5.13 Å². The summed E-state index contributed by atoms with van der Waals surface area (Å²) in [6.45, 7) is 3.49. The van der Waals surface area contributed by atoms with Gasteiger partial charge in [0.15, 0.2) is 16.7 Å². The summed E-state index contributed by atoms with van der Waals surface area (Å²) < 4.78 is 0.928. The van der Waals surface area contributed by atoms with Crippen LogP contribution >= 0.6 is 11.3 Å². The van der Waals surface area contributed by atoms with Gasteiger partial charge in [-0.05, 0) is 29.8 Å². The molecule has 0 fully saturated rings. The normalized spacial score (nSPS) is 17.4. The van der Waals surface area contributed by atoms with Crippen molar-refractivity contribution in [3.63, 3.8) is 0 Å². The Labute approximate surface area is 159 Å². The molecule has 3 heterocycles. The third-order valence-corrected chi connectivity index (χ3v) is 5.54. The zero-order valence-corrected chi connectivity index (χ0v) is 15.6. The minimum absolute atomic E-state index is 0.112. The maximum Gasteiger partial charge on any atom is 0.296 e. The Hall–Kier alpha value is -3.06. The molecular weight excluding hydrogens is 362 g/mol. The fourth-order valence-electron chi connectivity index (χ4n) is 3.19. The second kappa shape index (κ2) is 6.59. The van der Waals surface area contributed by atoms with Gasteiger partial charge >= 0.3 is 0 Å². The number of rotatable bonds is 4. The number of ketones is 1. The van der Waals surface area contributed by atoms with Crippen LogP contribution in [0.25, 0.3) is 10.2 Å². The Morgan fingerprint density at radius 2 is 1.89 bits per heavy atom. The number of fused-ring (bicyclic) bond motifs is 1. The third kappa shape index (κ3) is 2.80. The van der Waals surface area contributed by atoms with Crippen molar-refractivity contribution in [1.29, 1.82) is 0 Å². The molecule has 3 aromatic rings. The van der Waals surface area contributed by atoms with Gasteiger partial charge < -0.3 is 5.11 Å². The molecule has 1 aliphatic rings. The number of benzene rings is 1. The summed E-state index contributed by atoms with van der Waals surface area (Å²) in [7, 11) is 0. The molecule has 2 aromatic heterocycles. The lowest BCUT2D eigenvalue weighted by molar-refractivity contribution is -0.119. The largest absolute Gasteiger partial charge is 0.503 e. The number of thiazole rings is 1. The molecule has 0 aliphatic carbocycles. The van der Waals surface area contributed by atoms with Gasteiger partial charge in [-0.3, -0.25) is 19.5 Å². The fraction of sp³-hybridized carbons (Fsp3) is 0.200. The summed E-state index contributed by atoms with van der Waals surface area (Å²) in [6, 6.07) is 10.3. The number of hydrogen-bond donors (Lipinski definition) is 1. The summed E-state index contributed by atoms with van der Waals surface area (Å²) in [4.78, 5) is 35.7. The Morgan fingerprint density at radius 1 is 1.19 bits per heavy atom. The predicted octanol–water partition coefficient (Wildman–Crippen LogP) is 3.82. The van der Waals surface area contributed by atoms with E-state index in [1.54, 1.807) is 38.4 Å². The Balaban J connectivity index is 1.90. The number of aromatic nitrogens is 2. The molecular formula is C20H17N3O3S. The monoisotopic (exact) mass is 379 g/mol. The van der Waals surface area contributed by atoms with Crippen molar-refractivity contribution < 1.29 is 14.7 Å². The van der Waals surface area contributed by atoms with E-state index in [1.807, 2.05) is 24.3 Å². The van der Waals surface area contributed by atoms with Crippen molar-refractivity contribution in [2.45, 2.75) is 19.9 Å². The molecule has 0 saturated carbocycles. The second-order valence-electron chi connectivity index (χ2n) is 6.60. The van der Waals surface area contributed by atoms with Gasteiger partial charge in [-0.25, -0.2) is 4.98 Å². The molecule has 1 unspecified atom stereocenters. The maximum absolute atomic E-state index is 12.9. The lowest BCUT2D eigenvalue weighted by Gasteiger charge is -2.24. The topological polar surface area (TPSA) is 83.4 Å². The van der Waals surface area contributed by atoms with E-state index in [0.29, 0.717) is 10.7 Å². The first-order valence-corrected chi connectivity index (χ1v) is 9.37. The van der Waals surface area contributed by atoms with Gasteiger partial charge in [0.2, 0.25) is 0 Å². The lowest BCUT2D eigenvalue weighted by Crippen LogP contribution is -2.31. The van der Waals surface area contributed by atoms with Gasteiger partial charge in [-0.2, -0.15) is 0 Å². The molecule has 1 aromatic carbocycles. The molecule has 0 spiro atoms. The number of pyridine rings is 1. The molecule has 136 valence electrons. The van der Waals surface area contributed by atoms with Crippen molar-refractivity contribution in [2.24, 2.45) is 5.92 Å². The van der Waals surface area contributed by atoms with Crippen LogP contribution in [0.1, 0.15) is 25.5 Å². The molecule has 27 heavy (non-hydrogen) atoms. The van der Waals surface area contributed by atoms with E-state index in [4.69, 9.17) is 0 Å². The molecule has 0 bridgehead atoms. The summed E-state index contributed by atoms with van der Waals surface area (Å²) in [6.07, 6.45) is 3.20. The van der Waals surface area contributed by atoms with Crippen molar-refractivity contribution in [3.05, 3.63) is 65.7 Å². The van der Waals surface area contributed by atoms with E-state index >= 15 is 0 Å². The zero-order chi connectivity index (χ0) is 19.1. The van der Waals surface area contributed by atoms with Gasteiger partial charge in [0.25, 0.3) is 5.91 Å². The summed E-state index contributed by atoms with van der Waals surface area (Å²) in [5.74, 6) is -1.73. The first-order chi connectivity index (χ1) is 13.0. The van der Waals surface area contributed by atoms with Gasteiger partial charge in [0, 0.05) is 18.3 Å². The number of anilines is 1. The van der Waals surface area contributed by atoms with E-state index in [2.05, 4.69) is 9.97 Å². The number of carbonyl (C=O) groups excluding carboxylic acids is 2. The summed E-state index contributed by atoms with van der Waals surface area (Å²) in [5, 5.41) is 11.0. The van der Waals surface area contributed by atoms with Gasteiger partial charge in [-0.1, -0.05) is 37.3 Å². The number of nitrogens with zero attached hydrogens (tertiary/aromatic N) is 3. The van der Waals surface area contributed by atoms with Crippen molar-refractivity contribution >= 4 is 38.4 Å². The van der Waals surface area contributed by atoms with E-state index in [0.717, 1.165) is 10.2 Å². The zero-order valence-electron chi connectivity index (χ0n) is 14.8. The standard InChI is InChI=1S/C20H17N3O3S/c1-11(2)17(24)15-16(12-7-9-21-10-8-12)23(19(26)18(15)25)20-22-13-5-3-4-6-14(13)27-20/h3-11,16,25H,1-2H3. The SMILES string of the molecule is CC(C)C(=O)C1=C(O)C(=O)N(c2nc3ccccc3s2)C1c1ccncc1. The number of aliphatic hydroxyl groups is 1. The van der Waals surface area contributed by atoms with Crippen molar-refractivity contribution in [3.8, 4) is 0 Å². The molecule has 6 nitrogen and oxygen atoms in total. The van der Waals surface area contributed by atoms with Gasteiger partial charge in [-0.15, -0.1) is 0 Å². The van der Waals surface area contributed by atoms with Crippen LogP contribution in [0.2, 0.25) is 0 Å². The van der Waals surface area contributed by atoms with E-state index in [9.17, 15) is 14.7 Å². The molecule has 0 saturated heterocycles. The number of hydrogen-bond acceptors (Lipinski definition) is 6. The Bertz CT molecular complexity index is 1040. The minimum atomic E-state index is -0.726. The molecule has 1 N–H and O–H groups in total. The minimum Gasteiger partial charge on any atom is -0.503 e. The van der Waals surface area contributed by atoms with Gasteiger partial charge in [0.1, 0.15) is 0 Å². The Kier molecular flexibility index (Phi) is 4.24. The summed E-state index contributed by atoms with van der Waals surface area (Å²) >= 11 is 1.35. The smallest absolute Gasteiger partial charge is 0.296 e. The lowest BCUT2D eigenvalue weighted by atomic mass is 9.92. The average molecular weight is 379 g/mol. The summed E-state index contributed by atoms with van der Waals surface area (Å²) in [5.41, 5.74) is 1.58. The van der Waals surface area contributed by atoms with Crippen LogP contribution in [0.15, 0.2) is 60.1 Å². The number of aliphatic hydroxyl groups excluding tert-OH is 1. The predicted molar refractivity (Wildman–Crippen MR) is 104 cm³/mol. The van der Waals surface area contributed by atoms with Crippen molar-refractivity contribution in [1.82, 2.24) is 9.97 Å². The van der Waals surface area contributed by atoms with Crippen LogP contribution in [-0.2, 0) is 9.59 Å². The highest BCUT2D eigenvalue weighted by Gasteiger charge is 2.45. The highest BCUT2D eigenvalue weighted by molar-refractivity contribution is 7.22. The quantitative estimate of drug-likeness (QED) is 0.745. The first-order valence-electron chi connectivity index (χ1n) is 8.55. The molecule has 1 aliphatic heterocycles. The highest BCUT2D eigenvalue weighted by atomic mass is 32.1. The van der Waals surface area contributed by atoms with Gasteiger partial charge in [0.05, 0.1) is 21.8 Å². The van der Waals surface area contributed by atoms with E-state index in [-0.39, 0.29) is 17.3 Å². The number of para-hydroxylation sites is 1. The van der Waals surface area contributed by atoms with Crippen LogP contribution < -0.4 is 4.90 Å². The fourth-order valence-corrected chi connectivity index (χ4v) is 4.18. The maximum atomic E-state index is 12.9. The number of carbonyl (C=O) groups is 2. The number of amides is 1. The Morgan fingerprint density at radius 3 is 2.56 bits per heavy atom. The van der Waals surface area contributed by atoms with Crippen LogP contribution in [-0.4, -0.2) is 26.8 Å². The average Bonchev–Trinajstić information content (AvgIpc) is 3.21. The molecule has 7 heteroatoms. The second-order valence-corrected chi connectivity index (χ2v) is 7.61. The van der Waals surface area contributed by atoms with Crippen LogP contribution in [0.3, 0.4) is 0 Å². The first kappa shape index (κ1) is 17.4. The highest BCUT2D eigenvalue weighted by Crippen LogP contribution is 2.43. The molecule has 4 rings (SSSR count). The molecule has 0 radical (unpaired) electrons. The van der Waals surface area contributed by atoms with E-state index < -0.39 is 17.7 Å².